The number of fused-ring (bicyclic) bond motifs is 1. The summed E-state index contributed by atoms with van der Waals surface area (Å²) in [6, 6.07) is 21.1. The van der Waals surface area contributed by atoms with Crippen molar-refractivity contribution in [2.45, 2.75) is 45.2 Å². The van der Waals surface area contributed by atoms with Gasteiger partial charge in [-0.3, -0.25) is 0 Å². The number of hydrogen-bond acceptors (Lipinski definition) is 1. The van der Waals surface area contributed by atoms with Gasteiger partial charge < -0.3 is 4.90 Å². The maximum absolute atomic E-state index is 2.62. The van der Waals surface area contributed by atoms with Gasteiger partial charge in [0.05, 0.1) is 12.0 Å². The number of nitrogens with zero attached hydrogens (tertiary/aromatic N) is 2. The summed E-state index contributed by atoms with van der Waals surface area (Å²) in [6.45, 7) is 7.07. The van der Waals surface area contributed by atoms with E-state index in [-0.39, 0.29) is 0 Å². The van der Waals surface area contributed by atoms with Crippen molar-refractivity contribution in [1.82, 2.24) is 0 Å². The van der Waals surface area contributed by atoms with Crippen molar-refractivity contribution in [2.75, 3.05) is 18.0 Å². The molecule has 130 valence electrons. The number of para-hydroxylation sites is 1. The molecule has 0 spiro atoms. The Hall–Kier alpha value is -2.09. The first kappa shape index (κ1) is 16.4. The van der Waals surface area contributed by atoms with E-state index in [4.69, 9.17) is 0 Å². The standard InChI is InChI=1S/C23H29N2/c1-18(17-24-15-8-9-19(24)2)23-22-13-7-6-10-20(22)14-16-25(23)21-11-4-3-5-12-21/h3-7,10-13,17-19,23H,8-9,14-16H2,1-2H3/q+1/t18-,19+,23?/m0/s1. The third kappa shape index (κ3) is 3.22. The molecule has 0 aromatic heterocycles. The monoisotopic (exact) mass is 333 g/mol. The van der Waals surface area contributed by atoms with Gasteiger partial charge >= 0.3 is 0 Å². The summed E-state index contributed by atoms with van der Waals surface area (Å²) in [4.78, 5) is 2.62. The Morgan fingerprint density at radius 2 is 1.84 bits per heavy atom. The fourth-order valence-corrected chi connectivity index (χ4v) is 4.64. The molecule has 2 aliphatic rings. The minimum Gasteiger partial charge on any atom is -0.363 e. The second-order valence-electron chi connectivity index (χ2n) is 7.66. The highest BCUT2D eigenvalue weighted by Crippen LogP contribution is 2.38. The first-order chi connectivity index (χ1) is 12.2. The molecule has 25 heavy (non-hydrogen) atoms. The number of rotatable bonds is 3. The van der Waals surface area contributed by atoms with Crippen LogP contribution in [-0.2, 0) is 6.42 Å². The van der Waals surface area contributed by atoms with Crippen LogP contribution in [0.1, 0.15) is 43.9 Å². The average Bonchev–Trinajstić information content (AvgIpc) is 3.06. The predicted octanol–water partition coefficient (Wildman–Crippen LogP) is 4.69. The molecule has 0 N–H and O–H groups in total. The van der Waals surface area contributed by atoms with Crippen LogP contribution in [0.3, 0.4) is 0 Å². The van der Waals surface area contributed by atoms with Crippen molar-refractivity contribution >= 4 is 11.9 Å². The second kappa shape index (κ2) is 7.03. The summed E-state index contributed by atoms with van der Waals surface area (Å²) in [5.74, 6) is 0.488. The van der Waals surface area contributed by atoms with Crippen molar-refractivity contribution in [3.05, 3.63) is 65.7 Å². The molecule has 2 aromatic carbocycles. The molecule has 2 aromatic rings. The largest absolute Gasteiger partial charge is 0.363 e. The lowest BCUT2D eigenvalue weighted by atomic mass is 9.85. The number of anilines is 1. The van der Waals surface area contributed by atoms with Crippen LogP contribution in [0.5, 0.6) is 0 Å². The summed E-state index contributed by atoms with van der Waals surface area (Å²) in [5.41, 5.74) is 4.37. The van der Waals surface area contributed by atoms with E-state index in [2.05, 4.69) is 84.1 Å². The second-order valence-corrected chi connectivity index (χ2v) is 7.66. The van der Waals surface area contributed by atoms with Gasteiger partial charge in [-0.25, -0.2) is 4.58 Å². The first-order valence-corrected chi connectivity index (χ1v) is 9.74. The van der Waals surface area contributed by atoms with Crippen molar-refractivity contribution in [1.29, 1.82) is 0 Å². The zero-order chi connectivity index (χ0) is 17.2. The molecule has 0 bridgehead atoms. The fraction of sp³-hybridized carbons (Fsp3) is 0.435. The van der Waals surface area contributed by atoms with Gasteiger partial charge in [0.25, 0.3) is 0 Å². The number of benzene rings is 2. The summed E-state index contributed by atoms with van der Waals surface area (Å²) < 4.78 is 2.57. The van der Waals surface area contributed by atoms with E-state index < -0.39 is 0 Å². The highest BCUT2D eigenvalue weighted by Gasteiger charge is 2.34. The highest BCUT2D eigenvalue weighted by molar-refractivity contribution is 5.62. The van der Waals surface area contributed by atoms with E-state index >= 15 is 0 Å². The molecule has 4 rings (SSSR count). The van der Waals surface area contributed by atoms with E-state index in [1.54, 1.807) is 0 Å². The maximum atomic E-state index is 2.62. The third-order valence-corrected chi connectivity index (χ3v) is 5.95. The normalized spacial score (nSPS) is 25.8. The average molecular weight is 333 g/mol. The van der Waals surface area contributed by atoms with E-state index in [1.807, 2.05) is 0 Å². The summed E-state index contributed by atoms with van der Waals surface area (Å²) in [6.07, 6.45) is 6.30. The Morgan fingerprint density at radius 1 is 1.08 bits per heavy atom. The van der Waals surface area contributed by atoms with Crippen molar-refractivity contribution < 1.29 is 4.58 Å². The van der Waals surface area contributed by atoms with Crippen molar-refractivity contribution in [3.63, 3.8) is 0 Å². The smallest absolute Gasteiger partial charge is 0.149 e. The minimum absolute atomic E-state index is 0.417. The zero-order valence-corrected chi connectivity index (χ0v) is 15.4. The molecular weight excluding hydrogens is 304 g/mol. The third-order valence-electron chi connectivity index (χ3n) is 5.95. The summed E-state index contributed by atoms with van der Waals surface area (Å²) in [7, 11) is 0. The maximum Gasteiger partial charge on any atom is 0.149 e. The SMILES string of the molecule is C[C@@H]1CCC[N+]1=C[C@H](C)C1c2ccccc2CCN1c1ccccc1. The van der Waals surface area contributed by atoms with Gasteiger partial charge in [-0.2, -0.15) is 0 Å². The Kier molecular flexibility index (Phi) is 4.61. The first-order valence-electron chi connectivity index (χ1n) is 9.74. The Bertz CT molecular complexity index is 750. The van der Waals surface area contributed by atoms with Gasteiger partial charge in [-0.15, -0.1) is 0 Å². The van der Waals surface area contributed by atoms with E-state index in [0.717, 1.165) is 13.0 Å². The minimum atomic E-state index is 0.417. The van der Waals surface area contributed by atoms with E-state index in [0.29, 0.717) is 18.0 Å². The summed E-state index contributed by atoms with van der Waals surface area (Å²) >= 11 is 0. The molecule has 1 fully saturated rings. The Balaban J connectivity index is 1.73. The van der Waals surface area contributed by atoms with Crippen LogP contribution in [-0.4, -0.2) is 29.9 Å². The lowest BCUT2D eigenvalue weighted by Gasteiger charge is -2.41. The van der Waals surface area contributed by atoms with Crippen molar-refractivity contribution in [2.24, 2.45) is 5.92 Å². The molecule has 0 aliphatic carbocycles. The van der Waals surface area contributed by atoms with Crippen LogP contribution in [0.15, 0.2) is 54.6 Å². The molecule has 0 radical (unpaired) electrons. The molecule has 1 unspecified atom stereocenters. The predicted molar refractivity (Wildman–Crippen MR) is 106 cm³/mol. The molecule has 0 saturated carbocycles. The molecule has 2 heteroatoms. The van der Waals surface area contributed by atoms with Crippen LogP contribution < -0.4 is 4.90 Å². The number of hydrogen-bond donors (Lipinski definition) is 0. The zero-order valence-electron chi connectivity index (χ0n) is 15.4. The van der Waals surface area contributed by atoms with E-state index in [1.165, 1.54) is 36.2 Å². The molecule has 0 amide bonds. The Morgan fingerprint density at radius 3 is 2.60 bits per heavy atom. The van der Waals surface area contributed by atoms with Crippen LogP contribution in [0.4, 0.5) is 5.69 Å². The molecule has 2 aliphatic heterocycles. The highest BCUT2D eigenvalue weighted by atomic mass is 15.2. The van der Waals surface area contributed by atoms with Gasteiger partial charge in [0.2, 0.25) is 0 Å². The van der Waals surface area contributed by atoms with Crippen LogP contribution in [0, 0.1) is 5.92 Å². The van der Waals surface area contributed by atoms with Gasteiger partial charge in [-0.1, -0.05) is 49.4 Å². The molecule has 2 heterocycles. The fourth-order valence-electron chi connectivity index (χ4n) is 4.64. The van der Waals surface area contributed by atoms with Gasteiger partial charge in [0.1, 0.15) is 18.8 Å². The van der Waals surface area contributed by atoms with Gasteiger partial charge in [0, 0.05) is 25.1 Å². The lowest BCUT2D eigenvalue weighted by molar-refractivity contribution is -0.537. The molecule has 2 nitrogen and oxygen atoms in total. The Labute approximate surface area is 151 Å². The molecule has 1 saturated heterocycles. The van der Waals surface area contributed by atoms with Crippen LogP contribution >= 0.6 is 0 Å². The van der Waals surface area contributed by atoms with E-state index in [9.17, 15) is 0 Å². The van der Waals surface area contributed by atoms with Crippen molar-refractivity contribution in [3.8, 4) is 0 Å². The summed E-state index contributed by atoms with van der Waals surface area (Å²) in [5, 5.41) is 0. The quantitative estimate of drug-likeness (QED) is 0.739. The van der Waals surface area contributed by atoms with Crippen LogP contribution in [0.25, 0.3) is 0 Å². The van der Waals surface area contributed by atoms with Gasteiger partial charge in [0.15, 0.2) is 0 Å². The van der Waals surface area contributed by atoms with Crippen LogP contribution in [0.2, 0.25) is 0 Å². The molecular formula is C23H29N2+. The lowest BCUT2D eigenvalue weighted by Crippen LogP contribution is -2.40. The van der Waals surface area contributed by atoms with Gasteiger partial charge in [-0.05, 0) is 36.6 Å². The topological polar surface area (TPSA) is 6.25 Å². The molecule has 3 atom stereocenters.